The van der Waals surface area contributed by atoms with E-state index in [0.29, 0.717) is 23.7 Å². The maximum Gasteiger partial charge on any atom is 0.411 e. The highest BCUT2D eigenvalue weighted by Gasteiger charge is 2.17. The summed E-state index contributed by atoms with van der Waals surface area (Å²) in [5.41, 5.74) is 1.46. The summed E-state index contributed by atoms with van der Waals surface area (Å²) in [4.78, 5) is 24.0. The Bertz CT molecular complexity index is 1010. The molecule has 2 amide bonds. The first kappa shape index (κ1) is 24.1. The van der Waals surface area contributed by atoms with Gasteiger partial charge in [0.25, 0.3) is 0 Å². The minimum atomic E-state index is -3.60. The van der Waals surface area contributed by atoms with E-state index in [1.165, 1.54) is 33.3 Å². The zero-order valence-corrected chi connectivity index (χ0v) is 18.4. The van der Waals surface area contributed by atoms with Crippen LogP contribution in [0.2, 0.25) is 0 Å². The van der Waals surface area contributed by atoms with Crippen LogP contribution in [0, 0.1) is 0 Å². The van der Waals surface area contributed by atoms with E-state index in [4.69, 9.17) is 9.47 Å². The highest BCUT2D eigenvalue weighted by Crippen LogP contribution is 2.18. The number of benzene rings is 2. The molecule has 2 aromatic carbocycles. The maximum absolute atomic E-state index is 12.3. The average molecular weight is 451 g/mol. The molecule has 2 rings (SSSR count). The van der Waals surface area contributed by atoms with E-state index in [-0.39, 0.29) is 24.0 Å². The third kappa shape index (κ3) is 7.55. The second-order valence-corrected chi connectivity index (χ2v) is 8.70. The van der Waals surface area contributed by atoms with Crippen molar-refractivity contribution < 1.29 is 27.5 Å². The summed E-state index contributed by atoms with van der Waals surface area (Å²) in [6, 6.07) is 12.8. The molecule has 31 heavy (non-hydrogen) atoms. The number of hydrogen-bond acceptors (Lipinski definition) is 7. The van der Waals surface area contributed by atoms with Gasteiger partial charge in [-0.05, 0) is 36.4 Å². The lowest BCUT2D eigenvalue weighted by Gasteiger charge is -2.13. The zero-order valence-electron chi connectivity index (χ0n) is 17.5. The molecule has 0 saturated carbocycles. The van der Waals surface area contributed by atoms with Crippen molar-refractivity contribution in [2.45, 2.75) is 4.90 Å². The van der Waals surface area contributed by atoms with E-state index in [1.54, 1.807) is 36.4 Å². The topological polar surface area (TPSA) is 126 Å². The average Bonchev–Trinajstić information content (AvgIpc) is 2.73. The lowest BCUT2D eigenvalue weighted by Crippen LogP contribution is -2.23. The molecule has 0 aliphatic carbocycles. The number of ether oxygens (including phenoxy) is 2. The van der Waals surface area contributed by atoms with Crippen LogP contribution >= 0.6 is 0 Å². The summed E-state index contributed by atoms with van der Waals surface area (Å²) in [6.45, 7) is 0.373. The number of rotatable bonds is 10. The Balaban J connectivity index is 1.91. The number of sulfonamides is 1. The van der Waals surface area contributed by atoms with Crippen molar-refractivity contribution in [3.63, 3.8) is 0 Å². The van der Waals surface area contributed by atoms with Crippen LogP contribution in [0.4, 0.5) is 21.9 Å². The van der Waals surface area contributed by atoms with Crippen molar-refractivity contribution in [3.05, 3.63) is 48.5 Å². The lowest BCUT2D eigenvalue weighted by molar-refractivity contribution is -0.114. The smallest absolute Gasteiger partial charge is 0.411 e. The molecule has 0 bridgehead atoms. The van der Waals surface area contributed by atoms with E-state index in [0.717, 1.165) is 4.31 Å². The molecule has 0 aromatic heterocycles. The fourth-order valence-electron chi connectivity index (χ4n) is 2.41. The Morgan fingerprint density at radius 2 is 1.58 bits per heavy atom. The molecule has 3 N–H and O–H groups in total. The van der Waals surface area contributed by atoms with Gasteiger partial charge in [-0.2, -0.15) is 0 Å². The predicted octanol–water partition coefficient (Wildman–Crippen LogP) is 2.18. The molecule has 0 heterocycles. The molecule has 0 radical (unpaired) electrons. The number of nitrogens with zero attached hydrogens (tertiary/aromatic N) is 1. The first-order valence-electron chi connectivity index (χ1n) is 9.31. The summed E-state index contributed by atoms with van der Waals surface area (Å²) < 4.78 is 35.3. The molecular formula is C20H26N4O6S. The predicted molar refractivity (Wildman–Crippen MR) is 118 cm³/mol. The number of amides is 2. The number of nitrogens with one attached hydrogen (secondary N) is 3. The molecule has 10 nitrogen and oxygen atoms in total. The van der Waals surface area contributed by atoms with Crippen molar-refractivity contribution in [1.82, 2.24) is 4.31 Å². The number of methoxy groups -OCH3 is 1. The zero-order chi connectivity index (χ0) is 22.9. The van der Waals surface area contributed by atoms with Crippen LogP contribution in [0.5, 0.6) is 0 Å². The first-order valence-corrected chi connectivity index (χ1v) is 10.8. The first-order chi connectivity index (χ1) is 14.7. The number of hydrogen-bond donors (Lipinski definition) is 3. The third-order valence-corrected chi connectivity index (χ3v) is 5.79. The molecule has 0 saturated heterocycles. The van der Waals surface area contributed by atoms with E-state index in [2.05, 4.69) is 16.0 Å². The van der Waals surface area contributed by atoms with E-state index in [1.807, 2.05) is 0 Å². The Morgan fingerprint density at radius 3 is 2.26 bits per heavy atom. The van der Waals surface area contributed by atoms with Crippen molar-refractivity contribution >= 4 is 39.1 Å². The SMILES string of the molecule is COCCOC(=O)Nc1cccc(NCC(=O)Nc2cccc(S(=O)(=O)N(C)C)c2)c1. The Kier molecular flexibility index (Phi) is 8.79. The number of carbonyl (C=O) groups is 2. The number of anilines is 3. The molecule has 0 fully saturated rings. The minimum Gasteiger partial charge on any atom is -0.447 e. The maximum atomic E-state index is 12.3. The third-order valence-electron chi connectivity index (χ3n) is 3.98. The largest absolute Gasteiger partial charge is 0.447 e. The van der Waals surface area contributed by atoms with Gasteiger partial charge in [-0.15, -0.1) is 0 Å². The summed E-state index contributed by atoms with van der Waals surface area (Å²) in [5, 5.41) is 8.18. The fourth-order valence-corrected chi connectivity index (χ4v) is 3.36. The van der Waals surface area contributed by atoms with Crippen LogP contribution < -0.4 is 16.0 Å². The normalized spacial score (nSPS) is 11.1. The number of carbonyl (C=O) groups excluding carboxylic acids is 2. The quantitative estimate of drug-likeness (QED) is 0.474. The standard InChI is InChI=1S/C20H26N4O6S/c1-24(2)31(27,28)18-9-5-8-17(13-18)22-19(25)14-21-15-6-4-7-16(12-15)23-20(26)30-11-10-29-3/h4-9,12-13,21H,10-11,14H2,1-3H3,(H,22,25)(H,23,26). The Hall–Kier alpha value is -3.15. The molecule has 0 unspecified atom stereocenters. The molecule has 0 aliphatic heterocycles. The van der Waals surface area contributed by atoms with Gasteiger partial charge < -0.3 is 20.1 Å². The van der Waals surface area contributed by atoms with Gasteiger partial charge in [0.05, 0.1) is 18.0 Å². The molecule has 0 spiro atoms. The monoisotopic (exact) mass is 450 g/mol. The summed E-state index contributed by atoms with van der Waals surface area (Å²) in [5.74, 6) is -0.364. The van der Waals surface area contributed by atoms with Crippen LogP contribution in [-0.2, 0) is 24.3 Å². The van der Waals surface area contributed by atoms with E-state index >= 15 is 0 Å². The van der Waals surface area contributed by atoms with Gasteiger partial charge in [0.15, 0.2) is 0 Å². The van der Waals surface area contributed by atoms with Gasteiger partial charge in [-0.1, -0.05) is 12.1 Å². The summed E-state index contributed by atoms with van der Waals surface area (Å²) in [7, 11) is 0.785. The van der Waals surface area contributed by atoms with Crippen molar-refractivity contribution in [1.29, 1.82) is 0 Å². The van der Waals surface area contributed by atoms with Crippen LogP contribution in [0.3, 0.4) is 0 Å². The van der Waals surface area contributed by atoms with Gasteiger partial charge in [-0.25, -0.2) is 17.5 Å². The van der Waals surface area contributed by atoms with Crippen LogP contribution in [0.1, 0.15) is 0 Å². The molecular weight excluding hydrogens is 424 g/mol. The lowest BCUT2D eigenvalue weighted by atomic mass is 10.2. The highest BCUT2D eigenvalue weighted by molar-refractivity contribution is 7.89. The van der Waals surface area contributed by atoms with E-state index in [9.17, 15) is 18.0 Å². The van der Waals surface area contributed by atoms with Gasteiger partial charge in [0, 0.05) is 38.3 Å². The van der Waals surface area contributed by atoms with Gasteiger partial charge >= 0.3 is 6.09 Å². The Labute approximate surface area is 181 Å². The van der Waals surface area contributed by atoms with Crippen LogP contribution in [-0.4, -0.2) is 65.7 Å². The minimum absolute atomic E-state index is 0.0631. The van der Waals surface area contributed by atoms with Crippen LogP contribution in [0.25, 0.3) is 0 Å². The van der Waals surface area contributed by atoms with E-state index < -0.39 is 16.1 Å². The molecule has 0 atom stereocenters. The van der Waals surface area contributed by atoms with Crippen molar-refractivity contribution in [2.75, 3.05) is 56.9 Å². The fraction of sp³-hybridized carbons (Fsp3) is 0.300. The molecule has 2 aromatic rings. The second-order valence-electron chi connectivity index (χ2n) is 6.55. The van der Waals surface area contributed by atoms with Crippen LogP contribution in [0.15, 0.2) is 53.4 Å². The molecule has 0 aliphatic rings. The summed E-state index contributed by atoms with van der Waals surface area (Å²) >= 11 is 0. The van der Waals surface area contributed by atoms with Gasteiger partial charge in [0.2, 0.25) is 15.9 Å². The Morgan fingerprint density at radius 1 is 0.935 bits per heavy atom. The summed E-state index contributed by atoms with van der Waals surface area (Å²) in [6.07, 6.45) is -0.612. The molecule has 168 valence electrons. The van der Waals surface area contributed by atoms with Gasteiger partial charge in [-0.3, -0.25) is 10.1 Å². The molecule has 11 heteroatoms. The van der Waals surface area contributed by atoms with Gasteiger partial charge in [0.1, 0.15) is 6.61 Å². The van der Waals surface area contributed by atoms with Crippen molar-refractivity contribution in [2.24, 2.45) is 0 Å². The highest BCUT2D eigenvalue weighted by atomic mass is 32.2. The van der Waals surface area contributed by atoms with Crippen molar-refractivity contribution in [3.8, 4) is 0 Å². The second kappa shape index (κ2) is 11.3.